The molecule has 0 unspecified atom stereocenters. The highest BCUT2D eigenvalue weighted by atomic mass is 16.5. The first-order valence-corrected chi connectivity index (χ1v) is 6.80. The Morgan fingerprint density at radius 1 is 1.05 bits per heavy atom. The van der Waals surface area contributed by atoms with Gasteiger partial charge in [0.05, 0.1) is 19.3 Å². The molecule has 0 atom stereocenters. The lowest BCUT2D eigenvalue weighted by Gasteiger charge is -2.11. The van der Waals surface area contributed by atoms with Gasteiger partial charge in [0.1, 0.15) is 0 Å². The Bertz CT molecular complexity index is 483. The highest BCUT2D eigenvalue weighted by molar-refractivity contribution is 5.88. The molecule has 0 aromatic heterocycles. The second kappa shape index (κ2) is 8.84. The number of methoxy groups -OCH3 is 1. The molecule has 0 saturated carbocycles. The predicted molar refractivity (Wildman–Crippen MR) is 76.2 cm³/mol. The lowest BCUT2D eigenvalue weighted by atomic mass is 10.1. The van der Waals surface area contributed by atoms with Crippen LogP contribution in [0.5, 0.6) is 11.5 Å². The van der Waals surface area contributed by atoms with Crippen LogP contribution in [0.4, 0.5) is 0 Å². The summed E-state index contributed by atoms with van der Waals surface area (Å²) >= 11 is 0. The summed E-state index contributed by atoms with van der Waals surface area (Å²) in [6, 6.07) is 4.46. The van der Waals surface area contributed by atoms with Crippen LogP contribution in [0.15, 0.2) is 18.2 Å². The lowest BCUT2D eigenvalue weighted by molar-refractivity contribution is -0.137. The van der Waals surface area contributed by atoms with Crippen molar-refractivity contribution in [2.75, 3.05) is 13.7 Å². The molecule has 0 aliphatic rings. The fourth-order valence-electron chi connectivity index (χ4n) is 1.84. The minimum atomic E-state index is -1.02. The Morgan fingerprint density at radius 2 is 1.76 bits per heavy atom. The molecule has 0 spiro atoms. The number of ether oxygens (including phenoxy) is 2. The van der Waals surface area contributed by atoms with Crippen LogP contribution in [0.1, 0.15) is 42.5 Å². The van der Waals surface area contributed by atoms with Gasteiger partial charge in [0.2, 0.25) is 0 Å². The van der Waals surface area contributed by atoms with Gasteiger partial charge in [-0.05, 0) is 31.0 Å². The standard InChI is InChI=1S/C15H20O6/c1-20-12-8-7-11(15(18)19)10-13(12)21-9-5-3-2-4-6-14(16)17/h7-8,10H,2-6,9H2,1H3,(H,16,17)(H,18,19). The van der Waals surface area contributed by atoms with Crippen LogP contribution in [0.3, 0.4) is 0 Å². The summed E-state index contributed by atoms with van der Waals surface area (Å²) in [5.41, 5.74) is 0.146. The molecule has 21 heavy (non-hydrogen) atoms. The number of unbranched alkanes of at least 4 members (excludes halogenated alkanes) is 3. The number of carbonyl (C=O) groups is 2. The molecule has 0 radical (unpaired) electrons. The highest BCUT2D eigenvalue weighted by Gasteiger charge is 2.09. The molecule has 1 rings (SSSR count). The second-order valence-corrected chi connectivity index (χ2v) is 4.58. The van der Waals surface area contributed by atoms with Crippen LogP contribution in [-0.2, 0) is 4.79 Å². The largest absolute Gasteiger partial charge is 0.493 e. The van der Waals surface area contributed by atoms with E-state index in [1.807, 2.05) is 0 Å². The van der Waals surface area contributed by atoms with Gasteiger partial charge in [0, 0.05) is 6.42 Å². The maximum Gasteiger partial charge on any atom is 0.335 e. The van der Waals surface area contributed by atoms with E-state index >= 15 is 0 Å². The van der Waals surface area contributed by atoms with E-state index in [1.165, 1.54) is 19.2 Å². The normalized spacial score (nSPS) is 10.1. The van der Waals surface area contributed by atoms with Gasteiger partial charge >= 0.3 is 11.9 Å². The van der Waals surface area contributed by atoms with E-state index in [1.54, 1.807) is 6.07 Å². The maximum atomic E-state index is 10.9. The lowest BCUT2D eigenvalue weighted by Crippen LogP contribution is -2.02. The average Bonchev–Trinajstić information content (AvgIpc) is 2.45. The molecular formula is C15H20O6. The summed E-state index contributed by atoms with van der Waals surface area (Å²) < 4.78 is 10.7. The SMILES string of the molecule is COc1ccc(C(=O)O)cc1OCCCCCCC(=O)O. The molecule has 1 aromatic carbocycles. The van der Waals surface area contributed by atoms with Crippen molar-refractivity contribution < 1.29 is 29.3 Å². The van der Waals surface area contributed by atoms with E-state index in [-0.39, 0.29) is 12.0 Å². The number of hydrogen-bond donors (Lipinski definition) is 2. The molecule has 2 N–H and O–H groups in total. The van der Waals surface area contributed by atoms with Crippen LogP contribution >= 0.6 is 0 Å². The molecule has 6 nitrogen and oxygen atoms in total. The molecule has 6 heteroatoms. The van der Waals surface area contributed by atoms with Crippen molar-refractivity contribution in [2.45, 2.75) is 32.1 Å². The van der Waals surface area contributed by atoms with Gasteiger partial charge in [0.15, 0.2) is 11.5 Å². The third-order valence-electron chi connectivity index (χ3n) is 2.95. The van der Waals surface area contributed by atoms with Crippen molar-refractivity contribution in [2.24, 2.45) is 0 Å². The molecule has 116 valence electrons. The van der Waals surface area contributed by atoms with Crippen LogP contribution in [0, 0.1) is 0 Å². The van der Waals surface area contributed by atoms with E-state index in [0.29, 0.717) is 24.5 Å². The number of aromatic carboxylic acids is 1. The Morgan fingerprint density at radius 3 is 2.38 bits per heavy atom. The third-order valence-corrected chi connectivity index (χ3v) is 2.95. The molecule has 0 heterocycles. The number of aliphatic carboxylic acids is 1. The first kappa shape index (κ1) is 16.8. The minimum absolute atomic E-state index is 0.146. The summed E-state index contributed by atoms with van der Waals surface area (Å²) in [5.74, 6) is -0.897. The Kier molecular flexibility index (Phi) is 7.08. The van der Waals surface area contributed by atoms with E-state index in [4.69, 9.17) is 19.7 Å². The molecule has 0 aliphatic heterocycles. The Hall–Kier alpha value is -2.24. The van der Waals surface area contributed by atoms with Crippen molar-refractivity contribution in [3.63, 3.8) is 0 Å². The van der Waals surface area contributed by atoms with E-state index in [0.717, 1.165) is 19.3 Å². The zero-order valence-corrected chi connectivity index (χ0v) is 12.0. The smallest absolute Gasteiger partial charge is 0.335 e. The second-order valence-electron chi connectivity index (χ2n) is 4.58. The first-order valence-electron chi connectivity index (χ1n) is 6.80. The zero-order valence-electron chi connectivity index (χ0n) is 12.0. The average molecular weight is 296 g/mol. The third kappa shape index (κ3) is 6.16. The fraction of sp³-hybridized carbons (Fsp3) is 0.467. The number of benzene rings is 1. The van der Waals surface area contributed by atoms with Gasteiger partial charge in [-0.3, -0.25) is 4.79 Å². The number of rotatable bonds is 10. The van der Waals surface area contributed by atoms with Crippen molar-refractivity contribution in [1.29, 1.82) is 0 Å². The number of carboxylic acids is 2. The molecular weight excluding hydrogens is 276 g/mol. The topological polar surface area (TPSA) is 93.1 Å². The molecule has 0 amide bonds. The monoisotopic (exact) mass is 296 g/mol. The molecule has 0 bridgehead atoms. The van der Waals surface area contributed by atoms with Crippen LogP contribution in [0.25, 0.3) is 0 Å². The molecule has 1 aromatic rings. The van der Waals surface area contributed by atoms with Gasteiger partial charge in [-0.15, -0.1) is 0 Å². The summed E-state index contributed by atoms with van der Waals surface area (Å²) in [7, 11) is 1.49. The minimum Gasteiger partial charge on any atom is -0.493 e. The summed E-state index contributed by atoms with van der Waals surface area (Å²) in [5, 5.41) is 17.4. The van der Waals surface area contributed by atoms with Crippen LogP contribution in [-0.4, -0.2) is 35.9 Å². The summed E-state index contributed by atoms with van der Waals surface area (Å²) in [6.07, 6.45) is 3.33. The molecule has 0 saturated heterocycles. The van der Waals surface area contributed by atoms with Gasteiger partial charge in [-0.1, -0.05) is 12.8 Å². The first-order chi connectivity index (χ1) is 10.0. The molecule has 0 fully saturated rings. The van der Waals surface area contributed by atoms with Gasteiger partial charge in [-0.25, -0.2) is 4.79 Å². The predicted octanol–water partition coefficient (Wildman–Crippen LogP) is 2.81. The summed E-state index contributed by atoms with van der Waals surface area (Å²) in [4.78, 5) is 21.3. The van der Waals surface area contributed by atoms with Crippen molar-refractivity contribution in [3.05, 3.63) is 23.8 Å². The molecule has 0 aliphatic carbocycles. The number of carboxylic acid groups (broad SMARTS) is 2. The fourth-order valence-corrected chi connectivity index (χ4v) is 1.84. The summed E-state index contributed by atoms with van der Waals surface area (Å²) in [6.45, 7) is 0.437. The van der Waals surface area contributed by atoms with Crippen molar-refractivity contribution in [3.8, 4) is 11.5 Å². The van der Waals surface area contributed by atoms with Gasteiger partial charge < -0.3 is 19.7 Å². The zero-order chi connectivity index (χ0) is 15.7. The van der Waals surface area contributed by atoms with E-state index in [9.17, 15) is 9.59 Å². The highest BCUT2D eigenvalue weighted by Crippen LogP contribution is 2.28. The van der Waals surface area contributed by atoms with Crippen LogP contribution in [0.2, 0.25) is 0 Å². The maximum absolute atomic E-state index is 10.9. The Labute approximate surface area is 123 Å². The van der Waals surface area contributed by atoms with Crippen molar-refractivity contribution in [1.82, 2.24) is 0 Å². The van der Waals surface area contributed by atoms with Crippen LogP contribution < -0.4 is 9.47 Å². The van der Waals surface area contributed by atoms with Gasteiger partial charge in [0.25, 0.3) is 0 Å². The quantitative estimate of drug-likeness (QED) is 0.645. The van der Waals surface area contributed by atoms with E-state index in [2.05, 4.69) is 0 Å². The number of hydrogen-bond acceptors (Lipinski definition) is 4. The van der Waals surface area contributed by atoms with E-state index < -0.39 is 11.9 Å². The van der Waals surface area contributed by atoms with Crippen molar-refractivity contribution >= 4 is 11.9 Å². The Balaban J connectivity index is 2.38. The van der Waals surface area contributed by atoms with Gasteiger partial charge in [-0.2, -0.15) is 0 Å².